The SMILES string of the molecule is COc1ccc(-c2cc(NCCCN(C)C(C(C)O)N(C)C)c3ccccc3n2)cc1. The quantitative estimate of drug-likeness (QED) is 0.382. The summed E-state index contributed by atoms with van der Waals surface area (Å²) in [5, 5.41) is 14.8. The topological polar surface area (TPSA) is 60.9 Å². The highest BCUT2D eigenvalue weighted by Crippen LogP contribution is 2.29. The van der Waals surface area contributed by atoms with Crippen molar-refractivity contribution in [1.82, 2.24) is 14.8 Å². The Labute approximate surface area is 185 Å². The number of anilines is 1. The summed E-state index contributed by atoms with van der Waals surface area (Å²) in [6, 6.07) is 18.3. The molecule has 0 radical (unpaired) electrons. The van der Waals surface area contributed by atoms with Gasteiger partial charge in [-0.05, 0) is 70.9 Å². The number of rotatable bonds is 10. The highest BCUT2D eigenvalue weighted by Gasteiger charge is 2.21. The maximum absolute atomic E-state index is 10.1. The van der Waals surface area contributed by atoms with Crippen molar-refractivity contribution in [3.63, 3.8) is 0 Å². The number of likely N-dealkylation sites (N-methyl/N-ethyl adjacent to an activating group) is 2. The van der Waals surface area contributed by atoms with Crippen LogP contribution < -0.4 is 10.1 Å². The maximum Gasteiger partial charge on any atom is 0.118 e. The normalized spacial score (nSPS) is 13.5. The van der Waals surface area contributed by atoms with Crippen molar-refractivity contribution < 1.29 is 9.84 Å². The molecule has 166 valence electrons. The molecule has 2 atom stereocenters. The minimum absolute atomic E-state index is 0.00318. The summed E-state index contributed by atoms with van der Waals surface area (Å²) in [6.45, 7) is 3.55. The highest BCUT2D eigenvalue weighted by atomic mass is 16.5. The zero-order chi connectivity index (χ0) is 22.4. The molecule has 6 heteroatoms. The first-order valence-electron chi connectivity index (χ1n) is 10.7. The average molecular weight is 423 g/mol. The number of nitrogens with one attached hydrogen (secondary N) is 1. The Morgan fingerprint density at radius 2 is 1.77 bits per heavy atom. The average Bonchev–Trinajstić information content (AvgIpc) is 2.76. The molecule has 1 heterocycles. The Morgan fingerprint density at radius 1 is 1.06 bits per heavy atom. The van der Waals surface area contributed by atoms with E-state index in [9.17, 15) is 5.11 Å². The summed E-state index contributed by atoms with van der Waals surface area (Å²) in [6.07, 6.45) is 0.551. The van der Waals surface area contributed by atoms with Crippen LogP contribution in [0.5, 0.6) is 5.75 Å². The van der Waals surface area contributed by atoms with Gasteiger partial charge in [0.05, 0.1) is 30.6 Å². The molecule has 0 aliphatic carbocycles. The molecule has 3 rings (SSSR count). The van der Waals surface area contributed by atoms with Gasteiger partial charge in [-0.2, -0.15) is 0 Å². The molecule has 0 saturated carbocycles. The predicted octanol–water partition coefficient (Wildman–Crippen LogP) is 3.91. The standard InChI is InChI=1S/C25H34N4O2/c1-18(30)25(28(2)3)29(4)16-8-15-26-24-17-23(19-11-13-20(31-5)14-12-19)27-22-10-7-6-9-21(22)24/h6-7,9-14,17-18,25,30H,8,15-16H2,1-5H3,(H,26,27). The van der Waals surface area contributed by atoms with E-state index in [0.29, 0.717) is 0 Å². The van der Waals surface area contributed by atoms with E-state index in [4.69, 9.17) is 9.72 Å². The van der Waals surface area contributed by atoms with Crippen LogP contribution in [0, 0.1) is 0 Å². The van der Waals surface area contributed by atoms with Gasteiger partial charge in [-0.25, -0.2) is 4.98 Å². The van der Waals surface area contributed by atoms with Gasteiger partial charge in [0.1, 0.15) is 5.75 Å². The number of para-hydroxylation sites is 1. The van der Waals surface area contributed by atoms with Crippen LogP contribution in [0.2, 0.25) is 0 Å². The first-order chi connectivity index (χ1) is 14.9. The number of pyridine rings is 1. The summed E-state index contributed by atoms with van der Waals surface area (Å²) in [7, 11) is 7.72. The molecule has 2 aromatic carbocycles. The van der Waals surface area contributed by atoms with Crippen molar-refractivity contribution in [3.05, 3.63) is 54.6 Å². The molecule has 0 aliphatic rings. The summed E-state index contributed by atoms with van der Waals surface area (Å²) in [5.74, 6) is 0.834. The summed E-state index contributed by atoms with van der Waals surface area (Å²) in [4.78, 5) is 9.10. The van der Waals surface area contributed by atoms with Crippen LogP contribution >= 0.6 is 0 Å². The zero-order valence-electron chi connectivity index (χ0n) is 19.2. The Morgan fingerprint density at radius 3 is 2.42 bits per heavy atom. The third kappa shape index (κ3) is 5.73. The summed E-state index contributed by atoms with van der Waals surface area (Å²) < 4.78 is 5.27. The van der Waals surface area contributed by atoms with Gasteiger partial charge in [0.2, 0.25) is 0 Å². The summed E-state index contributed by atoms with van der Waals surface area (Å²) in [5.41, 5.74) is 4.04. The third-order valence-corrected chi connectivity index (χ3v) is 5.52. The largest absolute Gasteiger partial charge is 0.497 e. The number of ether oxygens (including phenoxy) is 1. The number of benzene rings is 2. The van der Waals surface area contributed by atoms with Gasteiger partial charge < -0.3 is 15.2 Å². The smallest absolute Gasteiger partial charge is 0.118 e. The van der Waals surface area contributed by atoms with E-state index in [1.54, 1.807) is 7.11 Å². The number of hydrogen-bond donors (Lipinski definition) is 2. The minimum Gasteiger partial charge on any atom is -0.497 e. The number of methoxy groups -OCH3 is 1. The van der Waals surface area contributed by atoms with Crippen LogP contribution in [0.15, 0.2) is 54.6 Å². The second kappa shape index (κ2) is 10.6. The number of nitrogens with zero attached hydrogens (tertiary/aromatic N) is 3. The molecule has 0 saturated heterocycles. The van der Waals surface area contributed by atoms with Gasteiger partial charge in [-0.1, -0.05) is 18.2 Å². The first kappa shape index (κ1) is 23.0. The molecule has 31 heavy (non-hydrogen) atoms. The van der Waals surface area contributed by atoms with Gasteiger partial charge >= 0.3 is 0 Å². The fourth-order valence-electron chi connectivity index (χ4n) is 4.11. The van der Waals surface area contributed by atoms with Crippen LogP contribution in [0.1, 0.15) is 13.3 Å². The number of fused-ring (bicyclic) bond motifs is 1. The fraction of sp³-hybridized carbons (Fsp3) is 0.400. The number of aliphatic hydroxyl groups excluding tert-OH is 1. The van der Waals surface area contributed by atoms with Crippen LogP contribution in [-0.4, -0.2) is 73.5 Å². The molecule has 0 spiro atoms. The van der Waals surface area contributed by atoms with Gasteiger partial charge in [-0.15, -0.1) is 0 Å². The van der Waals surface area contributed by atoms with Crippen molar-refractivity contribution >= 4 is 16.6 Å². The fourth-order valence-corrected chi connectivity index (χ4v) is 4.11. The lowest BCUT2D eigenvalue weighted by molar-refractivity contribution is -0.00402. The van der Waals surface area contributed by atoms with E-state index in [1.807, 2.05) is 63.5 Å². The van der Waals surface area contributed by atoms with Crippen LogP contribution in [-0.2, 0) is 0 Å². The van der Waals surface area contributed by atoms with Crippen LogP contribution in [0.4, 0.5) is 5.69 Å². The molecule has 0 amide bonds. The third-order valence-electron chi connectivity index (χ3n) is 5.52. The molecular formula is C25H34N4O2. The molecule has 6 nitrogen and oxygen atoms in total. The molecular weight excluding hydrogens is 388 g/mol. The molecule has 0 aliphatic heterocycles. The lowest BCUT2D eigenvalue weighted by atomic mass is 10.1. The van der Waals surface area contributed by atoms with E-state index in [-0.39, 0.29) is 6.17 Å². The maximum atomic E-state index is 10.1. The predicted molar refractivity (Wildman–Crippen MR) is 129 cm³/mol. The monoisotopic (exact) mass is 422 g/mol. The molecule has 3 aromatic rings. The molecule has 0 fully saturated rings. The lowest BCUT2D eigenvalue weighted by Gasteiger charge is -2.35. The van der Waals surface area contributed by atoms with Crippen molar-refractivity contribution in [3.8, 4) is 17.0 Å². The van der Waals surface area contributed by atoms with Gasteiger partial charge in [0.15, 0.2) is 0 Å². The van der Waals surface area contributed by atoms with Crippen LogP contribution in [0.25, 0.3) is 22.2 Å². The Kier molecular flexibility index (Phi) is 7.85. The van der Waals surface area contributed by atoms with Crippen molar-refractivity contribution in [1.29, 1.82) is 0 Å². The zero-order valence-corrected chi connectivity index (χ0v) is 19.2. The molecule has 1 aromatic heterocycles. The highest BCUT2D eigenvalue weighted by molar-refractivity contribution is 5.93. The second-order valence-corrected chi connectivity index (χ2v) is 8.18. The van der Waals surface area contributed by atoms with Crippen LogP contribution in [0.3, 0.4) is 0 Å². The Hall–Kier alpha value is -2.67. The Balaban J connectivity index is 1.73. The van der Waals surface area contributed by atoms with Gasteiger partial charge in [0, 0.05) is 29.7 Å². The molecule has 0 bridgehead atoms. The van der Waals surface area contributed by atoms with E-state index in [2.05, 4.69) is 34.3 Å². The van der Waals surface area contributed by atoms with Gasteiger partial charge in [0.25, 0.3) is 0 Å². The number of aromatic nitrogens is 1. The Bertz CT molecular complexity index is 965. The number of aliphatic hydroxyl groups is 1. The lowest BCUT2D eigenvalue weighted by Crippen LogP contribution is -2.50. The van der Waals surface area contributed by atoms with Gasteiger partial charge in [-0.3, -0.25) is 9.80 Å². The van der Waals surface area contributed by atoms with E-state index in [1.165, 1.54) is 0 Å². The molecule has 2 unspecified atom stereocenters. The van der Waals surface area contributed by atoms with E-state index < -0.39 is 6.10 Å². The first-order valence-corrected chi connectivity index (χ1v) is 10.7. The summed E-state index contributed by atoms with van der Waals surface area (Å²) >= 11 is 0. The van der Waals surface area contributed by atoms with Crippen molar-refractivity contribution in [2.45, 2.75) is 25.6 Å². The minimum atomic E-state index is -0.413. The second-order valence-electron chi connectivity index (χ2n) is 8.18. The molecule has 2 N–H and O–H groups in total. The van der Waals surface area contributed by atoms with Crippen molar-refractivity contribution in [2.24, 2.45) is 0 Å². The van der Waals surface area contributed by atoms with E-state index in [0.717, 1.165) is 53.1 Å². The van der Waals surface area contributed by atoms with E-state index >= 15 is 0 Å². The number of hydrogen-bond acceptors (Lipinski definition) is 6. The van der Waals surface area contributed by atoms with Crippen molar-refractivity contribution in [2.75, 3.05) is 46.7 Å².